The van der Waals surface area contributed by atoms with Gasteiger partial charge in [-0.1, -0.05) is 45.2 Å². The Hall–Kier alpha value is -0.710. The van der Waals surface area contributed by atoms with Crippen molar-refractivity contribution in [3.05, 3.63) is 42.2 Å². The molecule has 0 amide bonds. The zero-order valence-corrected chi connectivity index (χ0v) is 15.0. The van der Waals surface area contributed by atoms with E-state index in [1.54, 1.807) is 0 Å². The van der Waals surface area contributed by atoms with E-state index in [1.165, 1.54) is 43.5 Å². The van der Waals surface area contributed by atoms with Crippen LogP contribution in [0, 0.1) is 0 Å². The van der Waals surface area contributed by atoms with Crippen LogP contribution in [0.4, 0.5) is 5.69 Å². The third-order valence-corrected chi connectivity index (χ3v) is 3.77. The molecule has 1 aliphatic rings. The molecule has 0 fully saturated rings. The molecule has 0 N–H and O–H groups in total. The molecule has 0 saturated carbocycles. The zero-order chi connectivity index (χ0) is 13.5. The number of rotatable bonds is 7. The van der Waals surface area contributed by atoms with Crippen molar-refractivity contribution in [2.75, 3.05) is 18.1 Å². The summed E-state index contributed by atoms with van der Waals surface area (Å²) < 4.78 is 0. The van der Waals surface area contributed by atoms with Gasteiger partial charge in [-0.15, -0.1) is 24.0 Å². The van der Waals surface area contributed by atoms with E-state index >= 15 is 0 Å². The van der Waals surface area contributed by atoms with E-state index in [4.69, 9.17) is 0 Å². The average molecular weight is 386 g/mol. The molecular formula is C17H27IN2. The lowest BCUT2D eigenvalue weighted by Gasteiger charge is -2.21. The topological polar surface area (TPSA) is 6.48 Å². The Kier molecular flexibility index (Phi) is 8.04. The molecule has 0 bridgehead atoms. The Labute approximate surface area is 140 Å². The van der Waals surface area contributed by atoms with Crippen molar-refractivity contribution in [1.82, 2.24) is 4.90 Å². The van der Waals surface area contributed by atoms with E-state index in [9.17, 15) is 0 Å². The molecule has 0 aliphatic carbocycles. The largest absolute Gasteiger partial charge is 0.358 e. The average Bonchev–Trinajstić information content (AvgIpc) is 2.92. The molecule has 20 heavy (non-hydrogen) atoms. The maximum atomic E-state index is 2.41. The van der Waals surface area contributed by atoms with Gasteiger partial charge in [-0.3, -0.25) is 0 Å². The second-order valence-electron chi connectivity index (χ2n) is 5.30. The van der Waals surface area contributed by atoms with E-state index in [0.717, 1.165) is 13.1 Å². The maximum absolute atomic E-state index is 2.41. The van der Waals surface area contributed by atoms with E-state index < -0.39 is 0 Å². The van der Waals surface area contributed by atoms with Gasteiger partial charge in [0.25, 0.3) is 0 Å². The van der Waals surface area contributed by atoms with Crippen molar-refractivity contribution in [2.24, 2.45) is 0 Å². The molecular weight excluding hydrogens is 359 g/mol. The molecule has 3 heteroatoms. The van der Waals surface area contributed by atoms with Gasteiger partial charge in [0, 0.05) is 24.6 Å². The second-order valence-corrected chi connectivity index (χ2v) is 5.30. The van der Waals surface area contributed by atoms with Crippen molar-refractivity contribution in [2.45, 2.75) is 46.0 Å². The standard InChI is InChI=1S/C17H26N2.HI/c1-3-5-6-7-12-18-13-14-19(15-18)17-10-8-16(4-2)9-11-17;/h8-11,13-14H,3-7,12,15H2,1-2H3;1H. The van der Waals surface area contributed by atoms with Crippen LogP contribution < -0.4 is 4.90 Å². The van der Waals surface area contributed by atoms with Gasteiger partial charge < -0.3 is 9.80 Å². The summed E-state index contributed by atoms with van der Waals surface area (Å²) in [4.78, 5) is 4.72. The minimum atomic E-state index is 0. The highest BCUT2D eigenvalue weighted by molar-refractivity contribution is 14.0. The lowest BCUT2D eigenvalue weighted by molar-refractivity contribution is 0.390. The summed E-state index contributed by atoms with van der Waals surface area (Å²) in [5, 5.41) is 0. The Morgan fingerprint density at radius 3 is 2.35 bits per heavy atom. The number of nitrogens with zero attached hydrogens (tertiary/aromatic N) is 2. The number of halogens is 1. The van der Waals surface area contributed by atoms with Crippen LogP contribution in [0.5, 0.6) is 0 Å². The van der Waals surface area contributed by atoms with Crippen molar-refractivity contribution >= 4 is 29.7 Å². The molecule has 112 valence electrons. The predicted molar refractivity (Wildman–Crippen MR) is 98.6 cm³/mol. The minimum Gasteiger partial charge on any atom is -0.358 e. The van der Waals surface area contributed by atoms with Gasteiger partial charge in [0.05, 0.1) is 6.67 Å². The summed E-state index contributed by atoms with van der Waals surface area (Å²) in [5.74, 6) is 0. The molecule has 0 aromatic heterocycles. The summed E-state index contributed by atoms with van der Waals surface area (Å²) in [6, 6.07) is 8.91. The van der Waals surface area contributed by atoms with Crippen LogP contribution in [0.1, 0.15) is 45.1 Å². The predicted octanol–water partition coefficient (Wildman–Crippen LogP) is 5.00. The number of hydrogen-bond donors (Lipinski definition) is 0. The van der Waals surface area contributed by atoms with Crippen LogP contribution in [0.15, 0.2) is 36.7 Å². The number of benzene rings is 1. The first-order chi connectivity index (χ1) is 9.33. The zero-order valence-electron chi connectivity index (χ0n) is 12.7. The van der Waals surface area contributed by atoms with Gasteiger partial charge in [-0.25, -0.2) is 0 Å². The van der Waals surface area contributed by atoms with Crippen LogP contribution in [0.2, 0.25) is 0 Å². The number of aryl methyl sites for hydroxylation is 1. The summed E-state index contributed by atoms with van der Waals surface area (Å²) >= 11 is 0. The normalized spacial score (nSPS) is 13.7. The molecule has 2 nitrogen and oxygen atoms in total. The fraction of sp³-hybridized carbons (Fsp3) is 0.529. The molecule has 1 aromatic rings. The van der Waals surface area contributed by atoms with Crippen molar-refractivity contribution < 1.29 is 0 Å². The smallest absolute Gasteiger partial charge is 0.0941 e. The Bertz CT molecular complexity index is 400. The van der Waals surface area contributed by atoms with E-state index in [-0.39, 0.29) is 24.0 Å². The van der Waals surface area contributed by atoms with Crippen molar-refractivity contribution in [1.29, 1.82) is 0 Å². The molecule has 0 unspecified atom stereocenters. The highest BCUT2D eigenvalue weighted by Gasteiger charge is 2.12. The minimum absolute atomic E-state index is 0. The van der Waals surface area contributed by atoms with E-state index in [1.807, 2.05) is 0 Å². The highest BCUT2D eigenvalue weighted by atomic mass is 127. The lowest BCUT2D eigenvalue weighted by atomic mass is 10.1. The quantitative estimate of drug-likeness (QED) is 0.481. The van der Waals surface area contributed by atoms with Gasteiger partial charge in [0.1, 0.15) is 0 Å². The molecule has 0 saturated heterocycles. The SMILES string of the molecule is CCCCCCN1C=CN(c2ccc(CC)cc2)C1.I. The van der Waals surface area contributed by atoms with Gasteiger partial charge in [0.15, 0.2) is 0 Å². The van der Waals surface area contributed by atoms with E-state index in [0.29, 0.717) is 0 Å². The molecule has 1 heterocycles. The van der Waals surface area contributed by atoms with Crippen LogP contribution >= 0.6 is 24.0 Å². The van der Waals surface area contributed by atoms with Crippen LogP contribution in [0.3, 0.4) is 0 Å². The first kappa shape index (κ1) is 17.3. The Morgan fingerprint density at radius 2 is 1.70 bits per heavy atom. The molecule has 2 rings (SSSR count). The molecule has 1 aliphatic heterocycles. The first-order valence-corrected chi connectivity index (χ1v) is 7.61. The van der Waals surface area contributed by atoms with Gasteiger partial charge in [0.2, 0.25) is 0 Å². The second kappa shape index (κ2) is 9.27. The fourth-order valence-corrected chi connectivity index (χ4v) is 2.44. The van der Waals surface area contributed by atoms with Crippen molar-refractivity contribution in [3.8, 4) is 0 Å². The van der Waals surface area contributed by atoms with Gasteiger partial charge in [-0.2, -0.15) is 0 Å². The lowest BCUT2D eigenvalue weighted by Crippen LogP contribution is -2.25. The van der Waals surface area contributed by atoms with Crippen molar-refractivity contribution in [3.63, 3.8) is 0 Å². The summed E-state index contributed by atoms with van der Waals surface area (Å²) in [6.45, 7) is 6.64. The number of anilines is 1. The van der Waals surface area contributed by atoms with Crippen LogP contribution in [0.25, 0.3) is 0 Å². The van der Waals surface area contributed by atoms with Gasteiger partial charge >= 0.3 is 0 Å². The Morgan fingerprint density at radius 1 is 0.950 bits per heavy atom. The molecule has 1 aromatic carbocycles. The third kappa shape index (κ3) is 5.00. The summed E-state index contributed by atoms with van der Waals surface area (Å²) in [7, 11) is 0. The number of hydrogen-bond acceptors (Lipinski definition) is 2. The Balaban J connectivity index is 0.00000200. The van der Waals surface area contributed by atoms with Crippen LogP contribution in [-0.2, 0) is 6.42 Å². The summed E-state index contributed by atoms with van der Waals surface area (Å²) in [5.41, 5.74) is 2.70. The number of unbranched alkanes of at least 4 members (excludes halogenated alkanes) is 3. The monoisotopic (exact) mass is 386 g/mol. The van der Waals surface area contributed by atoms with E-state index in [2.05, 4.69) is 60.3 Å². The fourth-order valence-electron chi connectivity index (χ4n) is 2.44. The van der Waals surface area contributed by atoms with Crippen LogP contribution in [-0.4, -0.2) is 18.1 Å². The highest BCUT2D eigenvalue weighted by Crippen LogP contribution is 2.20. The molecule has 0 atom stereocenters. The van der Waals surface area contributed by atoms with Gasteiger partial charge in [-0.05, 0) is 30.5 Å². The molecule has 0 spiro atoms. The molecule has 0 radical (unpaired) electrons. The first-order valence-electron chi connectivity index (χ1n) is 7.61. The summed E-state index contributed by atoms with van der Waals surface area (Å²) in [6.07, 6.45) is 10.9. The third-order valence-electron chi connectivity index (χ3n) is 3.77. The maximum Gasteiger partial charge on any atom is 0.0941 e.